The van der Waals surface area contributed by atoms with Crippen molar-refractivity contribution >= 4 is 5.91 Å². The minimum Gasteiger partial charge on any atom is -0.364 e. The lowest BCUT2D eigenvalue weighted by Gasteiger charge is -2.25. The van der Waals surface area contributed by atoms with Gasteiger partial charge in [-0.1, -0.05) is 6.42 Å². The minimum absolute atomic E-state index is 0.0173. The molecular weight excluding hydrogens is 264 g/mol. The van der Waals surface area contributed by atoms with Crippen LogP contribution in [0.3, 0.4) is 0 Å². The number of carbonyl (C=O) groups excluding carboxylic acids is 1. The van der Waals surface area contributed by atoms with Gasteiger partial charge in [-0.15, -0.1) is 0 Å². The van der Waals surface area contributed by atoms with Crippen LogP contribution in [-0.2, 0) is 6.54 Å². The van der Waals surface area contributed by atoms with Crippen LogP contribution in [0.1, 0.15) is 66.9 Å². The minimum atomic E-state index is -0.100. The molecule has 0 aromatic carbocycles. The van der Waals surface area contributed by atoms with Crippen molar-refractivity contribution < 1.29 is 4.79 Å². The predicted molar refractivity (Wildman–Crippen MR) is 81.2 cm³/mol. The van der Waals surface area contributed by atoms with Crippen molar-refractivity contribution in [2.75, 3.05) is 0 Å². The predicted octanol–water partition coefficient (Wildman–Crippen LogP) is 2.99. The third-order valence-electron chi connectivity index (χ3n) is 4.36. The van der Waals surface area contributed by atoms with Crippen molar-refractivity contribution in [1.82, 2.24) is 19.9 Å². The summed E-state index contributed by atoms with van der Waals surface area (Å²) in [6.45, 7) is 4.90. The zero-order chi connectivity index (χ0) is 14.8. The molecule has 2 heterocycles. The molecule has 1 aliphatic rings. The first-order chi connectivity index (χ1) is 10.2. The summed E-state index contributed by atoms with van der Waals surface area (Å²) in [6, 6.07) is 1.78. The third kappa shape index (κ3) is 2.60. The summed E-state index contributed by atoms with van der Waals surface area (Å²) < 4.78 is 2.05. The van der Waals surface area contributed by atoms with Gasteiger partial charge in [-0.2, -0.15) is 0 Å². The Hall–Kier alpha value is -2.04. The lowest BCUT2D eigenvalue weighted by molar-refractivity contribution is 0.0935. The number of aromatic amines is 1. The van der Waals surface area contributed by atoms with Crippen LogP contribution < -0.4 is 5.32 Å². The molecule has 1 aliphatic carbocycles. The van der Waals surface area contributed by atoms with Crippen LogP contribution in [0, 0.1) is 0 Å². The molecule has 1 unspecified atom stereocenters. The number of nitrogens with zero attached hydrogens (tertiary/aromatic N) is 2. The van der Waals surface area contributed by atoms with Crippen molar-refractivity contribution in [3.05, 3.63) is 41.7 Å². The Balaban J connectivity index is 1.73. The number of rotatable bonds is 5. The van der Waals surface area contributed by atoms with E-state index in [1.807, 2.05) is 25.4 Å². The van der Waals surface area contributed by atoms with Gasteiger partial charge in [-0.25, -0.2) is 4.98 Å². The van der Waals surface area contributed by atoms with E-state index in [9.17, 15) is 4.79 Å². The smallest absolute Gasteiger partial charge is 0.253 e. The highest BCUT2D eigenvalue weighted by molar-refractivity contribution is 5.95. The number of nitrogens with one attached hydrogen (secondary N) is 2. The molecule has 5 heteroatoms. The van der Waals surface area contributed by atoms with E-state index >= 15 is 0 Å². The molecular formula is C16H22N4O. The number of carbonyl (C=O) groups is 1. The van der Waals surface area contributed by atoms with Crippen LogP contribution in [0.25, 0.3) is 0 Å². The molecule has 2 N–H and O–H groups in total. The maximum Gasteiger partial charge on any atom is 0.253 e. The molecule has 21 heavy (non-hydrogen) atoms. The normalized spacial score (nSPS) is 16.5. The van der Waals surface area contributed by atoms with Crippen LogP contribution >= 0.6 is 0 Å². The zero-order valence-electron chi connectivity index (χ0n) is 12.6. The van der Waals surface area contributed by atoms with E-state index in [2.05, 4.69) is 26.8 Å². The maximum absolute atomic E-state index is 12.5. The summed E-state index contributed by atoms with van der Waals surface area (Å²) >= 11 is 0. The Labute approximate surface area is 124 Å². The average molecular weight is 286 g/mol. The number of amides is 1. The van der Waals surface area contributed by atoms with Gasteiger partial charge < -0.3 is 14.9 Å². The highest BCUT2D eigenvalue weighted by Crippen LogP contribution is 2.37. The fourth-order valence-electron chi connectivity index (χ4n) is 2.92. The van der Waals surface area contributed by atoms with Crippen LogP contribution in [0.2, 0.25) is 0 Å². The van der Waals surface area contributed by atoms with Gasteiger partial charge in [0.2, 0.25) is 0 Å². The standard InChI is InChI=1S/C16H22N4O/c1-3-20-10-9-18-15(20)11(2)19-16(21)13-7-8-17-14(13)12-5-4-6-12/h7-12,17H,3-6H2,1-2H3,(H,19,21). The van der Waals surface area contributed by atoms with E-state index in [0.29, 0.717) is 5.92 Å². The molecule has 0 radical (unpaired) electrons. The van der Waals surface area contributed by atoms with E-state index in [0.717, 1.165) is 23.6 Å². The zero-order valence-corrected chi connectivity index (χ0v) is 12.6. The van der Waals surface area contributed by atoms with Crippen molar-refractivity contribution in [1.29, 1.82) is 0 Å². The molecule has 0 saturated heterocycles. The van der Waals surface area contributed by atoms with E-state index in [-0.39, 0.29) is 11.9 Å². The Morgan fingerprint density at radius 2 is 2.38 bits per heavy atom. The van der Waals surface area contributed by atoms with Crippen LogP contribution in [0.5, 0.6) is 0 Å². The molecule has 1 amide bonds. The molecule has 5 nitrogen and oxygen atoms in total. The Morgan fingerprint density at radius 1 is 1.57 bits per heavy atom. The molecule has 1 fully saturated rings. The largest absolute Gasteiger partial charge is 0.364 e. The van der Waals surface area contributed by atoms with Gasteiger partial charge in [0.05, 0.1) is 11.6 Å². The topological polar surface area (TPSA) is 62.7 Å². The highest BCUT2D eigenvalue weighted by Gasteiger charge is 2.26. The lowest BCUT2D eigenvalue weighted by atomic mass is 9.81. The van der Waals surface area contributed by atoms with Gasteiger partial charge in [0, 0.05) is 30.8 Å². The van der Waals surface area contributed by atoms with Crippen molar-refractivity contribution in [2.45, 2.75) is 51.6 Å². The SMILES string of the molecule is CCn1ccnc1C(C)NC(=O)c1cc[nH]c1C1CCC1. The second kappa shape index (κ2) is 5.76. The number of aromatic nitrogens is 3. The van der Waals surface area contributed by atoms with E-state index in [1.54, 1.807) is 6.20 Å². The summed E-state index contributed by atoms with van der Waals surface area (Å²) in [4.78, 5) is 20.1. The van der Waals surface area contributed by atoms with Gasteiger partial charge in [0.15, 0.2) is 0 Å². The van der Waals surface area contributed by atoms with Crippen LogP contribution in [-0.4, -0.2) is 20.4 Å². The van der Waals surface area contributed by atoms with Crippen molar-refractivity contribution in [3.8, 4) is 0 Å². The van der Waals surface area contributed by atoms with Gasteiger partial charge in [0.25, 0.3) is 5.91 Å². The molecule has 1 saturated carbocycles. The molecule has 0 aliphatic heterocycles. The number of hydrogen-bond acceptors (Lipinski definition) is 2. The summed E-state index contributed by atoms with van der Waals surface area (Å²) in [5, 5.41) is 3.06. The first kappa shape index (κ1) is 13.9. The Bertz CT molecular complexity index is 624. The van der Waals surface area contributed by atoms with E-state index < -0.39 is 0 Å². The third-order valence-corrected chi connectivity index (χ3v) is 4.36. The summed E-state index contributed by atoms with van der Waals surface area (Å²) in [5.41, 5.74) is 1.87. The molecule has 1 atom stereocenters. The quantitative estimate of drug-likeness (QED) is 0.887. The van der Waals surface area contributed by atoms with Gasteiger partial charge in [-0.05, 0) is 38.7 Å². The number of H-pyrrole nitrogens is 1. The number of imidazole rings is 1. The van der Waals surface area contributed by atoms with Crippen molar-refractivity contribution in [3.63, 3.8) is 0 Å². The highest BCUT2D eigenvalue weighted by atomic mass is 16.1. The molecule has 112 valence electrons. The van der Waals surface area contributed by atoms with Crippen LogP contribution in [0.4, 0.5) is 0 Å². The number of aryl methyl sites for hydroxylation is 1. The van der Waals surface area contributed by atoms with E-state index in [4.69, 9.17) is 0 Å². The number of hydrogen-bond donors (Lipinski definition) is 2. The fraction of sp³-hybridized carbons (Fsp3) is 0.500. The fourth-order valence-corrected chi connectivity index (χ4v) is 2.92. The molecule has 3 rings (SSSR count). The maximum atomic E-state index is 12.5. The van der Waals surface area contributed by atoms with Gasteiger partial charge >= 0.3 is 0 Å². The van der Waals surface area contributed by atoms with Crippen LogP contribution in [0.15, 0.2) is 24.7 Å². The second-order valence-electron chi connectivity index (χ2n) is 5.70. The molecule has 0 spiro atoms. The average Bonchev–Trinajstić information content (AvgIpc) is 3.04. The summed E-state index contributed by atoms with van der Waals surface area (Å²) in [7, 11) is 0. The second-order valence-corrected chi connectivity index (χ2v) is 5.70. The first-order valence-corrected chi connectivity index (χ1v) is 7.69. The van der Waals surface area contributed by atoms with E-state index in [1.165, 1.54) is 19.3 Å². The lowest BCUT2D eigenvalue weighted by Crippen LogP contribution is -2.29. The first-order valence-electron chi connectivity index (χ1n) is 7.69. The van der Waals surface area contributed by atoms with Gasteiger partial charge in [0.1, 0.15) is 5.82 Å². The molecule has 0 bridgehead atoms. The van der Waals surface area contributed by atoms with Gasteiger partial charge in [-0.3, -0.25) is 4.79 Å². The Kier molecular flexibility index (Phi) is 3.82. The summed E-state index contributed by atoms with van der Waals surface area (Å²) in [5.74, 6) is 1.40. The molecule has 2 aromatic rings. The Morgan fingerprint density at radius 3 is 3.05 bits per heavy atom. The molecule has 2 aromatic heterocycles. The van der Waals surface area contributed by atoms with Crippen molar-refractivity contribution in [2.24, 2.45) is 0 Å². The summed E-state index contributed by atoms with van der Waals surface area (Å²) in [6.07, 6.45) is 9.19. The monoisotopic (exact) mass is 286 g/mol.